The number of nitrogens with zero attached hydrogens (tertiary/aromatic N) is 1. The van der Waals surface area contributed by atoms with Crippen LogP contribution in [0.5, 0.6) is 5.75 Å². The van der Waals surface area contributed by atoms with Crippen molar-refractivity contribution in [2.75, 3.05) is 4.90 Å². The van der Waals surface area contributed by atoms with Crippen molar-refractivity contribution in [1.29, 1.82) is 0 Å². The van der Waals surface area contributed by atoms with Crippen molar-refractivity contribution >= 4 is 22.6 Å². The number of benzene rings is 3. The van der Waals surface area contributed by atoms with E-state index in [2.05, 4.69) is 0 Å². The highest BCUT2D eigenvalue weighted by atomic mass is 19.1. The number of hydrogen-bond acceptors (Lipinski definition) is 4. The summed E-state index contributed by atoms with van der Waals surface area (Å²) in [5.41, 5.74) is 1.96. The number of hydrogen-bond donors (Lipinski definition) is 1. The number of carbonyl (C=O) groups excluding carboxylic acids is 1. The molecule has 0 radical (unpaired) electrons. The highest BCUT2D eigenvalue weighted by molar-refractivity contribution is 6.10. The van der Waals surface area contributed by atoms with E-state index in [0.717, 1.165) is 11.6 Å². The number of carbonyl (C=O) groups is 1. The number of rotatable bonds is 2. The lowest BCUT2D eigenvalue weighted by Gasteiger charge is -2.25. The average Bonchev–Trinajstić information content (AvgIpc) is 3.02. The van der Waals surface area contributed by atoms with E-state index in [1.807, 2.05) is 19.1 Å². The van der Waals surface area contributed by atoms with Crippen LogP contribution in [0.1, 0.15) is 33.3 Å². The Morgan fingerprint density at radius 2 is 1.77 bits per heavy atom. The number of amides is 1. The second-order valence-electron chi connectivity index (χ2n) is 7.32. The van der Waals surface area contributed by atoms with Crippen LogP contribution in [-0.4, -0.2) is 11.0 Å². The van der Waals surface area contributed by atoms with Crippen LogP contribution in [0.4, 0.5) is 10.1 Å². The number of aryl methyl sites for hydroxylation is 1. The van der Waals surface area contributed by atoms with Gasteiger partial charge in [-0.25, -0.2) is 4.39 Å². The first-order chi connectivity index (χ1) is 14.4. The average molecular weight is 401 g/mol. The molecule has 0 bridgehead atoms. The Hall–Kier alpha value is -3.93. The van der Waals surface area contributed by atoms with Gasteiger partial charge in [0.1, 0.15) is 17.1 Å². The van der Waals surface area contributed by atoms with E-state index in [4.69, 9.17) is 4.42 Å². The third-order valence-electron chi connectivity index (χ3n) is 5.33. The minimum atomic E-state index is -0.814. The molecule has 5 nitrogen and oxygen atoms in total. The number of phenolic OH excluding ortho intramolecular Hbond substituents is 1. The summed E-state index contributed by atoms with van der Waals surface area (Å²) in [6.07, 6.45) is 0. The van der Waals surface area contributed by atoms with Gasteiger partial charge in [-0.3, -0.25) is 14.5 Å². The summed E-state index contributed by atoms with van der Waals surface area (Å²) >= 11 is 0. The molecule has 1 aliphatic rings. The van der Waals surface area contributed by atoms with Crippen LogP contribution < -0.4 is 10.3 Å². The molecule has 3 aromatic carbocycles. The van der Waals surface area contributed by atoms with Gasteiger partial charge in [-0.05, 0) is 55.0 Å². The number of phenols is 1. The molecular formula is C24H16FNO4. The molecule has 1 aliphatic heterocycles. The fourth-order valence-electron chi connectivity index (χ4n) is 3.93. The summed E-state index contributed by atoms with van der Waals surface area (Å²) in [4.78, 5) is 28.2. The van der Waals surface area contributed by atoms with Crippen LogP contribution in [0.15, 0.2) is 75.9 Å². The molecule has 148 valence electrons. The van der Waals surface area contributed by atoms with E-state index in [1.54, 1.807) is 24.3 Å². The van der Waals surface area contributed by atoms with E-state index in [0.29, 0.717) is 11.3 Å². The molecule has 1 N–H and O–H groups in total. The van der Waals surface area contributed by atoms with Crippen molar-refractivity contribution in [3.05, 3.63) is 105 Å². The standard InChI is InChI=1S/C24H16FNO4/c1-13-5-8-16(9-6-13)26-21(14-3-2-4-17(27)11-14)20-22(28)18-12-15(25)7-10-19(18)30-23(20)24(26)29/h2-12,21,27H,1H3. The molecule has 0 aliphatic carbocycles. The van der Waals surface area contributed by atoms with Crippen molar-refractivity contribution in [2.45, 2.75) is 13.0 Å². The van der Waals surface area contributed by atoms with Crippen molar-refractivity contribution in [3.63, 3.8) is 0 Å². The molecule has 1 aromatic heterocycles. The van der Waals surface area contributed by atoms with Gasteiger partial charge in [-0.15, -0.1) is 0 Å². The maximum Gasteiger partial charge on any atom is 0.295 e. The second kappa shape index (κ2) is 6.56. The zero-order valence-electron chi connectivity index (χ0n) is 15.9. The maximum absolute atomic E-state index is 13.8. The van der Waals surface area contributed by atoms with Gasteiger partial charge in [-0.1, -0.05) is 29.8 Å². The molecule has 5 rings (SSSR count). The number of aromatic hydroxyl groups is 1. The summed E-state index contributed by atoms with van der Waals surface area (Å²) in [5.74, 6) is -1.10. The van der Waals surface area contributed by atoms with Crippen LogP contribution in [0, 0.1) is 12.7 Å². The quantitative estimate of drug-likeness (QED) is 0.529. The smallest absolute Gasteiger partial charge is 0.295 e. The second-order valence-corrected chi connectivity index (χ2v) is 7.32. The van der Waals surface area contributed by atoms with Gasteiger partial charge in [0.05, 0.1) is 17.0 Å². The van der Waals surface area contributed by atoms with E-state index in [1.165, 1.54) is 29.2 Å². The normalized spacial score (nSPS) is 15.6. The Balaban J connectivity index is 1.83. The molecule has 30 heavy (non-hydrogen) atoms. The molecule has 2 heterocycles. The summed E-state index contributed by atoms with van der Waals surface area (Å²) in [6.45, 7) is 1.93. The Bertz CT molecular complexity index is 1370. The fourth-order valence-corrected chi connectivity index (χ4v) is 3.93. The Morgan fingerprint density at radius 1 is 1.00 bits per heavy atom. The molecule has 0 spiro atoms. The van der Waals surface area contributed by atoms with Crippen LogP contribution in [0.2, 0.25) is 0 Å². The molecule has 1 amide bonds. The monoisotopic (exact) mass is 401 g/mol. The maximum atomic E-state index is 13.8. The zero-order chi connectivity index (χ0) is 21.0. The first-order valence-corrected chi connectivity index (χ1v) is 9.39. The van der Waals surface area contributed by atoms with E-state index < -0.39 is 23.2 Å². The van der Waals surface area contributed by atoms with Crippen LogP contribution in [0.25, 0.3) is 11.0 Å². The SMILES string of the molecule is Cc1ccc(N2C(=O)c3oc4ccc(F)cc4c(=O)c3C2c2cccc(O)c2)cc1. The molecule has 6 heteroatoms. The lowest BCUT2D eigenvalue weighted by molar-refractivity contribution is 0.0971. The summed E-state index contributed by atoms with van der Waals surface area (Å²) < 4.78 is 19.6. The van der Waals surface area contributed by atoms with Crippen LogP contribution >= 0.6 is 0 Å². The Morgan fingerprint density at radius 3 is 2.50 bits per heavy atom. The van der Waals surface area contributed by atoms with Crippen molar-refractivity contribution in [1.82, 2.24) is 0 Å². The predicted octanol–water partition coefficient (Wildman–Crippen LogP) is 4.70. The molecule has 4 aromatic rings. The molecular weight excluding hydrogens is 385 g/mol. The molecule has 1 atom stereocenters. The topological polar surface area (TPSA) is 70.8 Å². The van der Waals surface area contributed by atoms with Gasteiger partial charge in [0, 0.05) is 5.69 Å². The van der Waals surface area contributed by atoms with Gasteiger partial charge < -0.3 is 9.52 Å². The number of fused-ring (bicyclic) bond motifs is 2. The zero-order valence-corrected chi connectivity index (χ0v) is 15.9. The number of anilines is 1. The Kier molecular flexibility index (Phi) is 3.96. The molecule has 1 unspecified atom stereocenters. The minimum absolute atomic E-state index is 0.00785. The minimum Gasteiger partial charge on any atom is -0.508 e. The van der Waals surface area contributed by atoms with E-state index in [9.17, 15) is 19.1 Å². The first kappa shape index (κ1) is 18.1. The van der Waals surface area contributed by atoms with Crippen molar-refractivity contribution < 1.29 is 18.7 Å². The largest absolute Gasteiger partial charge is 0.508 e. The highest BCUT2D eigenvalue weighted by Crippen LogP contribution is 2.41. The van der Waals surface area contributed by atoms with Gasteiger partial charge in [0.25, 0.3) is 5.91 Å². The predicted molar refractivity (Wildman–Crippen MR) is 110 cm³/mol. The first-order valence-electron chi connectivity index (χ1n) is 9.39. The van der Waals surface area contributed by atoms with E-state index in [-0.39, 0.29) is 28.0 Å². The molecule has 0 saturated carbocycles. The lowest BCUT2D eigenvalue weighted by Crippen LogP contribution is -2.29. The Labute approximate surface area is 170 Å². The van der Waals surface area contributed by atoms with Crippen LogP contribution in [0.3, 0.4) is 0 Å². The van der Waals surface area contributed by atoms with Gasteiger partial charge in [-0.2, -0.15) is 0 Å². The molecule has 0 saturated heterocycles. The number of halogens is 1. The van der Waals surface area contributed by atoms with Crippen LogP contribution in [-0.2, 0) is 0 Å². The summed E-state index contributed by atoms with van der Waals surface area (Å²) in [5, 5.41) is 10.1. The van der Waals surface area contributed by atoms with Gasteiger partial charge in [0.2, 0.25) is 5.76 Å². The highest BCUT2D eigenvalue weighted by Gasteiger charge is 2.43. The lowest BCUT2D eigenvalue weighted by atomic mass is 9.98. The summed E-state index contributed by atoms with van der Waals surface area (Å²) in [6, 6.07) is 16.5. The van der Waals surface area contributed by atoms with Gasteiger partial charge in [0.15, 0.2) is 5.43 Å². The van der Waals surface area contributed by atoms with Crippen molar-refractivity contribution in [2.24, 2.45) is 0 Å². The third kappa shape index (κ3) is 2.69. The summed E-state index contributed by atoms with van der Waals surface area (Å²) in [7, 11) is 0. The van der Waals surface area contributed by atoms with Crippen molar-refractivity contribution in [3.8, 4) is 5.75 Å². The molecule has 0 fully saturated rings. The third-order valence-corrected chi connectivity index (χ3v) is 5.33. The fraction of sp³-hybridized carbons (Fsp3) is 0.0833. The van der Waals surface area contributed by atoms with Gasteiger partial charge >= 0.3 is 0 Å². The van der Waals surface area contributed by atoms with E-state index >= 15 is 0 Å².